The van der Waals surface area contributed by atoms with Gasteiger partial charge in [0.25, 0.3) is 0 Å². The molecule has 1 fully saturated rings. The Balaban J connectivity index is 2.11. The molecule has 0 aromatic heterocycles. The second-order valence-electron chi connectivity index (χ2n) is 6.13. The maximum Gasteiger partial charge on any atom is 0.314 e. The third kappa shape index (κ3) is 3.69. The fraction of sp³-hybridized carbons (Fsp3) is 0.529. The maximum atomic E-state index is 12.9. The van der Waals surface area contributed by atoms with Gasteiger partial charge in [-0.3, -0.25) is 9.59 Å². The number of carboxylic acid groups (broad SMARTS) is 1. The number of halogens is 1. The van der Waals surface area contributed by atoms with E-state index >= 15 is 0 Å². The normalized spacial score (nSPS) is 24.5. The lowest BCUT2D eigenvalue weighted by Crippen LogP contribution is -2.57. The van der Waals surface area contributed by atoms with Crippen molar-refractivity contribution in [3.8, 4) is 0 Å². The van der Waals surface area contributed by atoms with E-state index in [1.807, 2.05) is 6.92 Å². The molecular weight excluding hydrogens is 301 g/mol. The van der Waals surface area contributed by atoms with Gasteiger partial charge in [-0.2, -0.15) is 0 Å². The van der Waals surface area contributed by atoms with Gasteiger partial charge in [0, 0.05) is 13.1 Å². The van der Waals surface area contributed by atoms with Crippen molar-refractivity contribution in [2.24, 2.45) is 5.41 Å². The molecule has 0 saturated carbocycles. The molecular formula is C17H22FNO4. The van der Waals surface area contributed by atoms with E-state index in [1.54, 1.807) is 12.1 Å². The molecule has 1 aliphatic rings. The highest BCUT2D eigenvalue weighted by molar-refractivity contribution is 5.81. The summed E-state index contributed by atoms with van der Waals surface area (Å²) in [7, 11) is 0. The molecule has 1 saturated heterocycles. The first-order valence-electron chi connectivity index (χ1n) is 7.82. The number of hydrogen-bond donors (Lipinski definition) is 2. The molecule has 0 spiro atoms. The van der Waals surface area contributed by atoms with Gasteiger partial charge in [0.1, 0.15) is 11.2 Å². The molecule has 6 heteroatoms. The van der Waals surface area contributed by atoms with Crippen LogP contribution in [0.25, 0.3) is 0 Å². The van der Waals surface area contributed by atoms with Crippen LogP contribution in [0.3, 0.4) is 0 Å². The largest absolute Gasteiger partial charge is 0.481 e. The van der Waals surface area contributed by atoms with Crippen molar-refractivity contribution in [3.63, 3.8) is 0 Å². The highest BCUT2D eigenvalue weighted by atomic mass is 19.1. The number of carbonyl (C=O) groups is 2. The molecule has 5 nitrogen and oxygen atoms in total. The predicted molar refractivity (Wildman–Crippen MR) is 82.3 cm³/mol. The van der Waals surface area contributed by atoms with Gasteiger partial charge in [0.05, 0.1) is 12.5 Å². The van der Waals surface area contributed by atoms with E-state index in [9.17, 15) is 24.2 Å². The van der Waals surface area contributed by atoms with Crippen LogP contribution in [-0.4, -0.2) is 46.2 Å². The van der Waals surface area contributed by atoms with Crippen molar-refractivity contribution in [2.75, 3.05) is 13.1 Å². The second-order valence-corrected chi connectivity index (χ2v) is 6.13. The molecule has 1 heterocycles. The Morgan fingerprint density at radius 3 is 2.57 bits per heavy atom. The average Bonchev–Trinajstić information content (AvgIpc) is 2.51. The standard InChI is InChI=1S/C17H22FNO4/c1-2-8-17(16(22)23)11-19(9-7-14(17)20)15(21)10-12-3-5-13(18)6-4-12/h3-6,14,20H,2,7-11H2,1H3,(H,22,23)/t14-,17+/m0/s1. The number of benzene rings is 1. The van der Waals surface area contributed by atoms with Crippen molar-refractivity contribution in [1.82, 2.24) is 4.90 Å². The van der Waals surface area contributed by atoms with Crippen LogP contribution in [0.4, 0.5) is 4.39 Å². The Hall–Kier alpha value is -1.95. The quantitative estimate of drug-likeness (QED) is 0.866. The third-order valence-corrected chi connectivity index (χ3v) is 4.53. The number of nitrogens with zero attached hydrogens (tertiary/aromatic N) is 1. The molecule has 0 bridgehead atoms. The van der Waals surface area contributed by atoms with Gasteiger partial charge in [-0.25, -0.2) is 4.39 Å². The van der Waals surface area contributed by atoms with E-state index in [1.165, 1.54) is 17.0 Å². The Morgan fingerprint density at radius 2 is 2.00 bits per heavy atom. The monoisotopic (exact) mass is 323 g/mol. The van der Waals surface area contributed by atoms with E-state index in [-0.39, 0.29) is 31.1 Å². The van der Waals surface area contributed by atoms with Crippen molar-refractivity contribution in [3.05, 3.63) is 35.6 Å². The maximum absolute atomic E-state index is 12.9. The number of carboxylic acids is 1. The molecule has 0 unspecified atom stereocenters. The van der Waals surface area contributed by atoms with Gasteiger partial charge >= 0.3 is 5.97 Å². The summed E-state index contributed by atoms with van der Waals surface area (Å²) < 4.78 is 12.9. The van der Waals surface area contributed by atoms with Gasteiger partial charge in [-0.1, -0.05) is 25.5 Å². The Kier molecular flexibility index (Phi) is 5.36. The fourth-order valence-corrected chi connectivity index (χ4v) is 3.19. The Morgan fingerprint density at radius 1 is 1.35 bits per heavy atom. The zero-order chi connectivity index (χ0) is 17.0. The summed E-state index contributed by atoms with van der Waals surface area (Å²) in [4.78, 5) is 25.6. The third-order valence-electron chi connectivity index (χ3n) is 4.53. The fourth-order valence-electron chi connectivity index (χ4n) is 3.19. The molecule has 1 aromatic carbocycles. The van der Waals surface area contributed by atoms with E-state index in [4.69, 9.17) is 0 Å². The summed E-state index contributed by atoms with van der Waals surface area (Å²) in [5.41, 5.74) is -0.621. The number of amides is 1. The van der Waals surface area contributed by atoms with Crippen LogP contribution in [0.15, 0.2) is 24.3 Å². The number of likely N-dealkylation sites (tertiary alicyclic amines) is 1. The summed E-state index contributed by atoms with van der Waals surface area (Å²) in [6.07, 6.45) is 0.335. The number of aliphatic carboxylic acids is 1. The first kappa shape index (κ1) is 17.4. The highest BCUT2D eigenvalue weighted by Crippen LogP contribution is 2.35. The molecule has 23 heavy (non-hydrogen) atoms. The molecule has 0 radical (unpaired) electrons. The first-order chi connectivity index (χ1) is 10.9. The minimum atomic E-state index is -1.30. The summed E-state index contributed by atoms with van der Waals surface area (Å²) in [6, 6.07) is 5.67. The number of rotatable bonds is 5. The molecule has 1 aromatic rings. The van der Waals surface area contributed by atoms with E-state index in [2.05, 4.69) is 0 Å². The van der Waals surface area contributed by atoms with Crippen molar-refractivity contribution in [2.45, 2.75) is 38.7 Å². The predicted octanol–water partition coefficient (Wildman–Crippen LogP) is 1.83. The number of piperidine rings is 1. The molecule has 126 valence electrons. The van der Waals surface area contributed by atoms with Crippen molar-refractivity contribution in [1.29, 1.82) is 0 Å². The van der Waals surface area contributed by atoms with Crippen LogP contribution in [0, 0.1) is 11.2 Å². The van der Waals surface area contributed by atoms with Crippen molar-refractivity contribution < 1.29 is 24.2 Å². The zero-order valence-electron chi connectivity index (χ0n) is 13.2. The number of aliphatic hydroxyl groups excluding tert-OH is 1. The highest BCUT2D eigenvalue weighted by Gasteiger charge is 2.49. The first-order valence-corrected chi connectivity index (χ1v) is 7.82. The zero-order valence-corrected chi connectivity index (χ0v) is 13.2. The summed E-state index contributed by atoms with van der Waals surface area (Å²) in [5.74, 6) is -1.63. The Bertz CT molecular complexity index is 574. The summed E-state index contributed by atoms with van der Waals surface area (Å²) in [5, 5.41) is 19.8. The van der Waals surface area contributed by atoms with Crippen LogP contribution < -0.4 is 0 Å². The van der Waals surface area contributed by atoms with Gasteiger partial charge < -0.3 is 15.1 Å². The smallest absolute Gasteiger partial charge is 0.314 e. The van der Waals surface area contributed by atoms with E-state index < -0.39 is 17.5 Å². The second kappa shape index (κ2) is 7.08. The van der Waals surface area contributed by atoms with Crippen LogP contribution in [0.2, 0.25) is 0 Å². The lowest BCUT2D eigenvalue weighted by Gasteiger charge is -2.43. The van der Waals surface area contributed by atoms with Crippen LogP contribution in [0.5, 0.6) is 0 Å². The topological polar surface area (TPSA) is 77.8 Å². The minimum absolute atomic E-state index is 0.0113. The number of aliphatic hydroxyl groups is 1. The van der Waals surface area contributed by atoms with Crippen molar-refractivity contribution >= 4 is 11.9 Å². The van der Waals surface area contributed by atoms with E-state index in [0.29, 0.717) is 24.9 Å². The lowest BCUT2D eigenvalue weighted by molar-refractivity contribution is -0.166. The molecule has 0 aliphatic carbocycles. The van der Waals surface area contributed by atoms with Gasteiger partial charge in [-0.15, -0.1) is 0 Å². The molecule has 2 N–H and O–H groups in total. The molecule has 2 rings (SSSR count). The van der Waals surface area contributed by atoms with Crippen LogP contribution in [-0.2, 0) is 16.0 Å². The summed E-state index contributed by atoms with van der Waals surface area (Å²) >= 11 is 0. The van der Waals surface area contributed by atoms with E-state index in [0.717, 1.165) is 0 Å². The summed E-state index contributed by atoms with van der Waals surface area (Å²) in [6.45, 7) is 2.20. The lowest BCUT2D eigenvalue weighted by atomic mass is 9.74. The molecule has 1 aliphatic heterocycles. The molecule has 1 amide bonds. The number of hydrogen-bond acceptors (Lipinski definition) is 3. The average molecular weight is 323 g/mol. The van der Waals surface area contributed by atoms with Crippen LogP contribution >= 0.6 is 0 Å². The SMILES string of the molecule is CCC[C@@]1(C(=O)O)CN(C(=O)Cc2ccc(F)cc2)CC[C@@H]1O. The van der Waals surface area contributed by atoms with Crippen LogP contribution in [0.1, 0.15) is 31.7 Å². The number of carbonyl (C=O) groups excluding carboxylic acids is 1. The van der Waals surface area contributed by atoms with Gasteiger partial charge in [-0.05, 0) is 30.5 Å². The van der Waals surface area contributed by atoms with Gasteiger partial charge in [0.15, 0.2) is 0 Å². The Labute approximate surface area is 134 Å². The molecule has 2 atom stereocenters. The minimum Gasteiger partial charge on any atom is -0.481 e. The van der Waals surface area contributed by atoms with Gasteiger partial charge in [0.2, 0.25) is 5.91 Å².